The van der Waals surface area contributed by atoms with Crippen LogP contribution in [0.4, 0.5) is 0 Å². The quantitative estimate of drug-likeness (QED) is 0.208. The SMILES string of the molecule is Cc1cnc(C(=O)N[C@@H]2CCN(C(=O)[C@@H](CC3CCCCC3)NC3CCCCC3)C[C@@H]2C(=O)NCc2ccc3[nH]cc(Cl)c3c2)s1. The average Bonchev–Trinajstić information content (AvgIpc) is 3.69. The number of aromatic nitrogens is 2. The van der Waals surface area contributed by atoms with Gasteiger partial charge >= 0.3 is 0 Å². The Balaban J connectivity index is 1.17. The van der Waals surface area contributed by atoms with Crippen LogP contribution >= 0.6 is 22.9 Å². The third-order valence-electron chi connectivity index (χ3n) is 10.2. The summed E-state index contributed by atoms with van der Waals surface area (Å²) in [6.07, 6.45) is 16.8. The fourth-order valence-corrected chi connectivity index (χ4v) is 8.49. The van der Waals surface area contributed by atoms with Gasteiger partial charge in [0.05, 0.1) is 17.0 Å². The van der Waals surface area contributed by atoms with E-state index in [2.05, 4.69) is 25.9 Å². The summed E-state index contributed by atoms with van der Waals surface area (Å²) in [6.45, 7) is 3.00. The summed E-state index contributed by atoms with van der Waals surface area (Å²) in [5, 5.41) is 11.9. The summed E-state index contributed by atoms with van der Waals surface area (Å²) in [5.74, 6) is -0.388. The lowest BCUT2D eigenvalue weighted by Crippen LogP contribution is -2.60. The number of rotatable bonds is 10. The maximum atomic E-state index is 14.3. The monoisotopic (exact) mass is 666 g/mol. The first kappa shape index (κ1) is 33.0. The van der Waals surface area contributed by atoms with E-state index in [4.69, 9.17) is 11.6 Å². The number of nitrogens with one attached hydrogen (secondary N) is 4. The van der Waals surface area contributed by atoms with Crippen molar-refractivity contribution in [3.8, 4) is 0 Å². The number of aryl methyl sites for hydroxylation is 1. The molecule has 1 saturated heterocycles. The van der Waals surface area contributed by atoms with E-state index in [9.17, 15) is 14.4 Å². The number of fused-ring (bicyclic) bond motifs is 1. The maximum absolute atomic E-state index is 14.3. The molecule has 11 heteroatoms. The number of likely N-dealkylation sites (tertiary alicyclic amines) is 1. The second-order valence-electron chi connectivity index (χ2n) is 13.6. The standard InChI is InChI=1S/C35H47ClN6O3S/c1-22-18-39-34(46-22)33(44)41-30-14-15-42(21-27(30)32(43)38-19-24-12-13-29-26(16-24)28(36)20-37-29)35(45)31(17-23-8-4-2-5-9-23)40-25-10-6-3-7-11-25/h12-13,16,18,20,23,25,27,30-31,37,40H,2-11,14-15,17,19,21H2,1H3,(H,38,43)(H,41,44)/t27-,30+,31+/m0/s1. The molecule has 3 aromatic rings. The third-order valence-corrected chi connectivity index (χ3v) is 11.4. The van der Waals surface area contributed by atoms with Crippen LogP contribution in [0.5, 0.6) is 0 Å². The summed E-state index contributed by atoms with van der Waals surface area (Å²) in [7, 11) is 0. The number of carbonyl (C=O) groups excluding carboxylic acids is 3. The van der Waals surface area contributed by atoms with Crippen molar-refractivity contribution in [1.82, 2.24) is 30.8 Å². The van der Waals surface area contributed by atoms with Gasteiger partial charge in [0.1, 0.15) is 0 Å². The molecule has 0 radical (unpaired) electrons. The Morgan fingerprint density at radius 3 is 2.57 bits per heavy atom. The minimum atomic E-state index is -0.590. The molecule has 3 fully saturated rings. The van der Waals surface area contributed by atoms with Crippen LogP contribution in [0.15, 0.2) is 30.6 Å². The van der Waals surface area contributed by atoms with Crippen molar-refractivity contribution in [3.63, 3.8) is 0 Å². The van der Waals surface area contributed by atoms with E-state index in [1.807, 2.05) is 30.0 Å². The van der Waals surface area contributed by atoms with Gasteiger partial charge in [-0.05, 0) is 56.2 Å². The number of aromatic amines is 1. The zero-order valence-corrected chi connectivity index (χ0v) is 28.4. The molecule has 46 heavy (non-hydrogen) atoms. The Kier molecular flexibility index (Phi) is 11.0. The number of piperidine rings is 1. The zero-order chi connectivity index (χ0) is 32.0. The Morgan fingerprint density at radius 2 is 1.83 bits per heavy atom. The number of nitrogens with zero attached hydrogens (tertiary/aromatic N) is 2. The fourth-order valence-electron chi connectivity index (χ4n) is 7.61. The molecule has 3 aliphatic rings. The van der Waals surface area contributed by atoms with Crippen molar-refractivity contribution in [2.24, 2.45) is 11.8 Å². The van der Waals surface area contributed by atoms with Crippen LogP contribution in [0.25, 0.3) is 10.9 Å². The van der Waals surface area contributed by atoms with Gasteiger partial charge in [-0.2, -0.15) is 0 Å². The lowest BCUT2D eigenvalue weighted by atomic mass is 9.83. The largest absolute Gasteiger partial charge is 0.360 e. The van der Waals surface area contributed by atoms with Gasteiger partial charge in [0.2, 0.25) is 11.8 Å². The number of benzene rings is 1. The number of hydrogen-bond acceptors (Lipinski definition) is 6. The van der Waals surface area contributed by atoms with E-state index < -0.39 is 12.0 Å². The van der Waals surface area contributed by atoms with Crippen molar-refractivity contribution in [3.05, 3.63) is 51.1 Å². The van der Waals surface area contributed by atoms with Gasteiger partial charge in [-0.1, -0.05) is 69.0 Å². The number of halogens is 1. The molecule has 0 bridgehead atoms. The van der Waals surface area contributed by atoms with E-state index in [1.54, 1.807) is 12.4 Å². The first-order chi connectivity index (χ1) is 22.3. The molecule has 1 aliphatic heterocycles. The zero-order valence-electron chi connectivity index (χ0n) is 26.8. The van der Waals surface area contributed by atoms with Crippen LogP contribution in [0.1, 0.15) is 97.3 Å². The molecule has 248 valence electrons. The van der Waals surface area contributed by atoms with E-state index in [1.165, 1.54) is 62.7 Å². The summed E-state index contributed by atoms with van der Waals surface area (Å²) in [4.78, 5) is 51.6. The molecule has 0 spiro atoms. The van der Waals surface area contributed by atoms with Gasteiger partial charge in [-0.3, -0.25) is 14.4 Å². The summed E-state index contributed by atoms with van der Waals surface area (Å²) in [6, 6.07) is 5.61. The highest BCUT2D eigenvalue weighted by atomic mass is 35.5. The van der Waals surface area contributed by atoms with Crippen molar-refractivity contribution in [2.45, 2.75) is 109 Å². The van der Waals surface area contributed by atoms with E-state index in [0.717, 1.165) is 40.6 Å². The molecule has 3 heterocycles. The highest BCUT2D eigenvalue weighted by Gasteiger charge is 2.40. The lowest BCUT2D eigenvalue weighted by Gasteiger charge is -2.40. The highest BCUT2D eigenvalue weighted by Crippen LogP contribution is 2.30. The molecule has 3 atom stereocenters. The smallest absolute Gasteiger partial charge is 0.280 e. The first-order valence-corrected chi connectivity index (χ1v) is 18.3. The molecule has 2 saturated carbocycles. The van der Waals surface area contributed by atoms with Crippen molar-refractivity contribution >= 4 is 51.6 Å². The molecule has 3 amide bonds. The lowest BCUT2D eigenvalue weighted by molar-refractivity contribution is -0.139. The Bertz CT molecular complexity index is 1490. The summed E-state index contributed by atoms with van der Waals surface area (Å²) in [5.41, 5.74) is 1.86. The van der Waals surface area contributed by atoms with Crippen LogP contribution in [-0.2, 0) is 16.1 Å². The Morgan fingerprint density at radius 1 is 1.07 bits per heavy atom. The van der Waals surface area contributed by atoms with Gasteiger partial charge in [0, 0.05) is 59.9 Å². The highest BCUT2D eigenvalue weighted by molar-refractivity contribution is 7.13. The second-order valence-corrected chi connectivity index (χ2v) is 15.2. The van der Waals surface area contributed by atoms with Crippen LogP contribution in [0.3, 0.4) is 0 Å². The Labute approximate surface area is 280 Å². The van der Waals surface area contributed by atoms with E-state index in [0.29, 0.717) is 41.5 Å². The molecule has 4 N–H and O–H groups in total. The molecule has 1 aromatic carbocycles. The van der Waals surface area contributed by atoms with Crippen LogP contribution in [0.2, 0.25) is 5.02 Å². The predicted molar refractivity (Wildman–Crippen MR) is 183 cm³/mol. The predicted octanol–water partition coefficient (Wildman–Crippen LogP) is 6.11. The molecular weight excluding hydrogens is 620 g/mol. The van der Waals surface area contributed by atoms with Crippen molar-refractivity contribution in [2.75, 3.05) is 13.1 Å². The molecule has 2 aliphatic carbocycles. The van der Waals surface area contributed by atoms with E-state index >= 15 is 0 Å². The molecule has 6 rings (SSSR count). The molecular formula is C35H47ClN6O3S. The molecule has 0 unspecified atom stereocenters. The van der Waals surface area contributed by atoms with Crippen molar-refractivity contribution in [1.29, 1.82) is 0 Å². The van der Waals surface area contributed by atoms with Gasteiger partial charge in [0.15, 0.2) is 5.01 Å². The normalized spacial score (nSPS) is 22.1. The van der Waals surface area contributed by atoms with Crippen LogP contribution in [-0.4, -0.2) is 63.8 Å². The number of thiazole rings is 1. The second kappa shape index (κ2) is 15.3. The summed E-state index contributed by atoms with van der Waals surface area (Å²) >= 11 is 7.67. The fraction of sp³-hybridized carbons (Fsp3) is 0.600. The van der Waals surface area contributed by atoms with Gasteiger partial charge in [-0.15, -0.1) is 11.3 Å². The molecule has 2 aromatic heterocycles. The number of amides is 3. The van der Waals surface area contributed by atoms with Gasteiger partial charge in [-0.25, -0.2) is 4.98 Å². The summed E-state index contributed by atoms with van der Waals surface area (Å²) < 4.78 is 0. The van der Waals surface area contributed by atoms with Crippen LogP contribution in [0, 0.1) is 18.8 Å². The average molecular weight is 667 g/mol. The topological polar surface area (TPSA) is 119 Å². The van der Waals surface area contributed by atoms with Gasteiger partial charge in [0.25, 0.3) is 5.91 Å². The molecule has 9 nitrogen and oxygen atoms in total. The minimum Gasteiger partial charge on any atom is -0.360 e. The number of hydrogen-bond donors (Lipinski definition) is 4. The van der Waals surface area contributed by atoms with Gasteiger partial charge < -0.3 is 25.8 Å². The van der Waals surface area contributed by atoms with E-state index in [-0.39, 0.29) is 30.3 Å². The minimum absolute atomic E-state index is 0.0989. The van der Waals surface area contributed by atoms with Crippen LogP contribution < -0.4 is 16.0 Å². The number of carbonyl (C=O) groups is 3. The maximum Gasteiger partial charge on any atom is 0.280 e. The van der Waals surface area contributed by atoms with Crippen molar-refractivity contribution < 1.29 is 14.4 Å². The number of H-pyrrole nitrogens is 1. The Hall–Kier alpha value is -2.95. The first-order valence-electron chi connectivity index (χ1n) is 17.2. The third kappa shape index (κ3) is 8.12.